The van der Waals surface area contributed by atoms with Gasteiger partial charge in [-0.25, -0.2) is 0 Å². The predicted octanol–water partition coefficient (Wildman–Crippen LogP) is 2.58. The van der Waals surface area contributed by atoms with E-state index >= 15 is 0 Å². The highest BCUT2D eigenvalue weighted by Gasteiger charge is 2.24. The number of benzene rings is 1. The lowest BCUT2D eigenvalue weighted by Crippen LogP contribution is -1.91. The van der Waals surface area contributed by atoms with Crippen LogP contribution in [0.15, 0.2) is 22.7 Å². The summed E-state index contributed by atoms with van der Waals surface area (Å²) in [4.78, 5) is 4.43. The molecular weight excluding hydrogens is 214 g/mol. The fourth-order valence-electron chi connectivity index (χ4n) is 1.90. The molecule has 1 saturated carbocycles. The standard InChI is InChI=1S/C13H15N3O/c1-8-2-5-10(14)7-11(8)13-15-12(16-17-13)6-9-3-4-9/h2,5,7,9H,3-4,6,14H2,1H3. The van der Waals surface area contributed by atoms with Crippen LogP contribution in [-0.2, 0) is 6.42 Å². The normalized spacial score (nSPS) is 15.1. The van der Waals surface area contributed by atoms with E-state index in [1.165, 1.54) is 12.8 Å². The lowest BCUT2D eigenvalue weighted by atomic mass is 10.1. The molecule has 4 heteroatoms. The van der Waals surface area contributed by atoms with Crippen molar-refractivity contribution in [1.82, 2.24) is 10.1 Å². The number of aromatic nitrogens is 2. The predicted molar refractivity (Wildman–Crippen MR) is 65.3 cm³/mol. The van der Waals surface area contributed by atoms with Gasteiger partial charge >= 0.3 is 0 Å². The van der Waals surface area contributed by atoms with Crippen LogP contribution in [0.5, 0.6) is 0 Å². The summed E-state index contributed by atoms with van der Waals surface area (Å²) in [5.41, 5.74) is 8.52. The first-order valence-electron chi connectivity index (χ1n) is 5.91. The first kappa shape index (κ1) is 10.3. The minimum atomic E-state index is 0.574. The van der Waals surface area contributed by atoms with Crippen molar-refractivity contribution in [2.45, 2.75) is 26.2 Å². The topological polar surface area (TPSA) is 64.9 Å². The second-order valence-electron chi connectivity index (χ2n) is 4.74. The molecule has 0 spiro atoms. The molecule has 0 saturated heterocycles. The van der Waals surface area contributed by atoms with Gasteiger partial charge in [-0.2, -0.15) is 4.98 Å². The van der Waals surface area contributed by atoms with Crippen molar-refractivity contribution < 1.29 is 4.52 Å². The van der Waals surface area contributed by atoms with E-state index in [4.69, 9.17) is 10.3 Å². The summed E-state index contributed by atoms with van der Waals surface area (Å²) in [5, 5.41) is 4.02. The maximum absolute atomic E-state index is 5.77. The Labute approximate surface area is 99.8 Å². The van der Waals surface area contributed by atoms with Gasteiger partial charge in [0.05, 0.1) is 0 Å². The van der Waals surface area contributed by atoms with E-state index in [0.29, 0.717) is 11.6 Å². The minimum Gasteiger partial charge on any atom is -0.399 e. The summed E-state index contributed by atoms with van der Waals surface area (Å²) in [7, 11) is 0. The molecule has 0 atom stereocenters. The molecule has 2 aromatic rings. The molecular formula is C13H15N3O. The maximum Gasteiger partial charge on any atom is 0.258 e. The number of aryl methyl sites for hydroxylation is 1. The van der Waals surface area contributed by atoms with Gasteiger partial charge in [0.1, 0.15) is 0 Å². The van der Waals surface area contributed by atoms with Gasteiger partial charge < -0.3 is 10.3 Å². The lowest BCUT2D eigenvalue weighted by Gasteiger charge is -2.01. The Morgan fingerprint density at radius 3 is 3.00 bits per heavy atom. The molecule has 1 heterocycles. The Morgan fingerprint density at radius 2 is 2.24 bits per heavy atom. The van der Waals surface area contributed by atoms with Crippen molar-refractivity contribution >= 4 is 5.69 Å². The van der Waals surface area contributed by atoms with E-state index in [2.05, 4.69) is 10.1 Å². The van der Waals surface area contributed by atoms with Crippen LogP contribution in [-0.4, -0.2) is 10.1 Å². The molecule has 0 amide bonds. The van der Waals surface area contributed by atoms with Crippen LogP contribution in [0, 0.1) is 12.8 Å². The van der Waals surface area contributed by atoms with E-state index < -0.39 is 0 Å². The molecule has 1 aliphatic carbocycles. The Morgan fingerprint density at radius 1 is 1.41 bits per heavy atom. The van der Waals surface area contributed by atoms with E-state index in [0.717, 1.165) is 29.3 Å². The lowest BCUT2D eigenvalue weighted by molar-refractivity contribution is 0.421. The summed E-state index contributed by atoms with van der Waals surface area (Å²) in [6.45, 7) is 2.01. The van der Waals surface area contributed by atoms with Crippen molar-refractivity contribution in [1.29, 1.82) is 0 Å². The average Bonchev–Trinajstić information content (AvgIpc) is 2.99. The fraction of sp³-hybridized carbons (Fsp3) is 0.385. The van der Waals surface area contributed by atoms with Gasteiger partial charge in [0.2, 0.25) is 0 Å². The number of hydrogen-bond acceptors (Lipinski definition) is 4. The van der Waals surface area contributed by atoms with Gasteiger partial charge in [0, 0.05) is 17.7 Å². The molecule has 0 radical (unpaired) electrons. The molecule has 17 heavy (non-hydrogen) atoms. The van der Waals surface area contributed by atoms with Gasteiger partial charge in [-0.05, 0) is 43.4 Å². The SMILES string of the molecule is Cc1ccc(N)cc1-c1nc(CC2CC2)no1. The van der Waals surface area contributed by atoms with Crippen LogP contribution in [0.2, 0.25) is 0 Å². The van der Waals surface area contributed by atoms with Crippen LogP contribution in [0.25, 0.3) is 11.5 Å². The zero-order chi connectivity index (χ0) is 11.8. The molecule has 1 aromatic heterocycles. The highest BCUT2D eigenvalue weighted by molar-refractivity contribution is 5.63. The van der Waals surface area contributed by atoms with Crippen LogP contribution in [0.4, 0.5) is 5.69 Å². The Kier molecular flexibility index (Phi) is 2.35. The summed E-state index contributed by atoms with van der Waals surface area (Å²) < 4.78 is 5.30. The van der Waals surface area contributed by atoms with E-state index in [9.17, 15) is 0 Å². The second-order valence-corrected chi connectivity index (χ2v) is 4.74. The van der Waals surface area contributed by atoms with Gasteiger partial charge in [-0.1, -0.05) is 11.2 Å². The molecule has 1 aromatic carbocycles. The van der Waals surface area contributed by atoms with Crippen molar-refractivity contribution in [3.05, 3.63) is 29.6 Å². The molecule has 0 bridgehead atoms. The quantitative estimate of drug-likeness (QED) is 0.821. The average molecular weight is 229 g/mol. The molecule has 3 rings (SSSR count). The smallest absolute Gasteiger partial charge is 0.258 e. The number of nitrogens with two attached hydrogens (primary N) is 1. The number of rotatable bonds is 3. The Hall–Kier alpha value is -1.84. The van der Waals surface area contributed by atoms with Gasteiger partial charge in [0.15, 0.2) is 5.82 Å². The highest BCUT2D eigenvalue weighted by Crippen LogP contribution is 2.32. The van der Waals surface area contributed by atoms with Crippen molar-refractivity contribution in [2.24, 2.45) is 5.92 Å². The number of nitrogen functional groups attached to an aromatic ring is 1. The third-order valence-corrected chi connectivity index (χ3v) is 3.13. The van der Waals surface area contributed by atoms with Crippen molar-refractivity contribution in [2.75, 3.05) is 5.73 Å². The van der Waals surface area contributed by atoms with Crippen LogP contribution < -0.4 is 5.73 Å². The first-order valence-corrected chi connectivity index (χ1v) is 5.91. The van der Waals surface area contributed by atoms with Crippen LogP contribution in [0.3, 0.4) is 0 Å². The monoisotopic (exact) mass is 229 g/mol. The Bertz CT molecular complexity index is 543. The zero-order valence-electron chi connectivity index (χ0n) is 9.81. The van der Waals surface area contributed by atoms with Crippen LogP contribution in [0.1, 0.15) is 24.2 Å². The minimum absolute atomic E-state index is 0.574. The third-order valence-electron chi connectivity index (χ3n) is 3.13. The summed E-state index contributed by atoms with van der Waals surface area (Å²) in [5.74, 6) is 2.15. The van der Waals surface area contributed by atoms with E-state index in [1.54, 1.807) is 0 Å². The van der Waals surface area contributed by atoms with Gasteiger partial charge in [-0.3, -0.25) is 0 Å². The highest BCUT2D eigenvalue weighted by atomic mass is 16.5. The Balaban J connectivity index is 1.91. The fourth-order valence-corrected chi connectivity index (χ4v) is 1.90. The molecule has 1 fully saturated rings. The number of hydrogen-bond donors (Lipinski definition) is 1. The molecule has 0 aliphatic heterocycles. The molecule has 1 aliphatic rings. The molecule has 88 valence electrons. The second kappa shape index (κ2) is 3.87. The summed E-state index contributed by atoms with van der Waals surface area (Å²) in [6, 6.07) is 5.72. The van der Waals surface area contributed by atoms with E-state index in [1.807, 2.05) is 25.1 Å². The number of nitrogens with zero attached hydrogens (tertiary/aromatic N) is 2. The van der Waals surface area contributed by atoms with Crippen LogP contribution >= 0.6 is 0 Å². The maximum atomic E-state index is 5.77. The zero-order valence-corrected chi connectivity index (χ0v) is 9.81. The third kappa shape index (κ3) is 2.16. The van der Waals surface area contributed by atoms with Crippen molar-refractivity contribution in [3.63, 3.8) is 0 Å². The van der Waals surface area contributed by atoms with Gasteiger partial charge in [0.25, 0.3) is 5.89 Å². The number of anilines is 1. The molecule has 0 unspecified atom stereocenters. The van der Waals surface area contributed by atoms with Gasteiger partial charge in [-0.15, -0.1) is 0 Å². The van der Waals surface area contributed by atoms with E-state index in [-0.39, 0.29) is 0 Å². The molecule has 2 N–H and O–H groups in total. The summed E-state index contributed by atoms with van der Waals surface area (Å²) in [6.07, 6.45) is 3.52. The first-order chi connectivity index (χ1) is 8.22. The summed E-state index contributed by atoms with van der Waals surface area (Å²) >= 11 is 0. The molecule has 4 nitrogen and oxygen atoms in total. The van der Waals surface area contributed by atoms with Crippen molar-refractivity contribution in [3.8, 4) is 11.5 Å². The largest absolute Gasteiger partial charge is 0.399 e.